The van der Waals surface area contributed by atoms with Gasteiger partial charge in [-0.05, 0) is 48.0 Å². The lowest BCUT2D eigenvalue weighted by molar-refractivity contribution is 0.0796. The predicted octanol–water partition coefficient (Wildman–Crippen LogP) is 2.60. The number of hydrogen-bond donors (Lipinski definition) is 1. The van der Waals surface area contributed by atoms with E-state index >= 15 is 0 Å². The minimum Gasteiger partial charge on any atom is -0.348 e. The van der Waals surface area contributed by atoms with Gasteiger partial charge in [-0.15, -0.1) is 5.10 Å². The summed E-state index contributed by atoms with van der Waals surface area (Å²) in [5.74, 6) is -3.55. The second-order valence-corrected chi connectivity index (χ2v) is 10.0. The van der Waals surface area contributed by atoms with Crippen LogP contribution >= 0.6 is 11.6 Å². The third-order valence-corrected chi connectivity index (χ3v) is 7.39. The van der Waals surface area contributed by atoms with Gasteiger partial charge in [0.05, 0.1) is 35.3 Å². The molecule has 1 saturated heterocycles. The van der Waals surface area contributed by atoms with Gasteiger partial charge >= 0.3 is 0 Å². The van der Waals surface area contributed by atoms with E-state index in [1.54, 1.807) is 42.2 Å². The second kappa shape index (κ2) is 9.08. The molecule has 0 radical (unpaired) electrons. The lowest BCUT2D eigenvalue weighted by atomic mass is 10.1. The van der Waals surface area contributed by atoms with E-state index in [0.717, 1.165) is 16.8 Å². The van der Waals surface area contributed by atoms with Crippen LogP contribution in [-0.4, -0.2) is 64.9 Å². The van der Waals surface area contributed by atoms with Crippen molar-refractivity contribution in [3.8, 4) is 5.69 Å². The summed E-state index contributed by atoms with van der Waals surface area (Å²) in [6.07, 6.45) is 4.83. The number of anilines is 1. The van der Waals surface area contributed by atoms with E-state index in [4.69, 9.17) is 11.6 Å². The molecule has 1 saturated carbocycles. The zero-order chi connectivity index (χ0) is 26.6. The number of halogens is 3. The molecule has 2 aliphatic rings. The van der Waals surface area contributed by atoms with E-state index in [2.05, 4.69) is 35.9 Å². The number of benzene rings is 1. The highest BCUT2D eigenvalue weighted by molar-refractivity contribution is 6.30. The van der Waals surface area contributed by atoms with Crippen LogP contribution in [0.4, 0.5) is 14.7 Å². The van der Waals surface area contributed by atoms with E-state index in [1.165, 1.54) is 11.0 Å². The Morgan fingerprint density at radius 1 is 1.18 bits per heavy atom. The van der Waals surface area contributed by atoms with Crippen LogP contribution in [0.3, 0.4) is 0 Å². The van der Waals surface area contributed by atoms with Crippen molar-refractivity contribution in [3.05, 3.63) is 70.0 Å². The van der Waals surface area contributed by atoms with Crippen molar-refractivity contribution in [2.75, 3.05) is 18.0 Å². The molecule has 38 heavy (non-hydrogen) atoms. The van der Waals surface area contributed by atoms with E-state index < -0.39 is 17.8 Å². The Hall–Kier alpha value is -4.00. The summed E-state index contributed by atoms with van der Waals surface area (Å²) in [6.45, 7) is 4.74. The molecule has 2 atom stereocenters. The van der Waals surface area contributed by atoms with E-state index in [-0.39, 0.29) is 25.5 Å². The van der Waals surface area contributed by atoms with Crippen molar-refractivity contribution in [2.24, 2.45) is 11.8 Å². The number of carbonyl (C=O) groups is 1. The standard InChI is InChI=1S/C24H23ClF2N10O/c1-13-16(7-29-23(31-13)35-10-19-20(11-35)24(19,26)27)8-36-9-18(14(2)32-36)22(38)28-6-15-5-17(25)3-4-21(15)37-12-30-33-34-37/h3-5,7,9,12,19-20H,6,8,10-11H2,1-2H3,(H,28,38). The largest absolute Gasteiger partial charge is 0.348 e. The van der Waals surface area contributed by atoms with Crippen molar-refractivity contribution >= 4 is 23.5 Å². The molecule has 4 aromatic rings. The average molecular weight is 541 g/mol. The van der Waals surface area contributed by atoms with E-state index in [1.807, 2.05) is 11.8 Å². The second-order valence-electron chi connectivity index (χ2n) is 9.61. The topological polar surface area (TPSA) is 120 Å². The minimum absolute atomic E-state index is 0.206. The average Bonchev–Trinajstić information content (AvgIpc) is 3.47. The first-order chi connectivity index (χ1) is 18.2. The van der Waals surface area contributed by atoms with Gasteiger partial charge in [-0.1, -0.05) is 11.6 Å². The summed E-state index contributed by atoms with van der Waals surface area (Å²) in [5, 5.41) is 19.1. The maximum Gasteiger partial charge on any atom is 0.258 e. The number of piperidine rings is 1. The minimum atomic E-state index is -2.54. The van der Waals surface area contributed by atoms with E-state index in [0.29, 0.717) is 34.5 Å². The lowest BCUT2D eigenvalue weighted by Gasteiger charge is -2.20. The number of aromatic nitrogens is 8. The maximum absolute atomic E-state index is 13.5. The number of nitrogens with zero attached hydrogens (tertiary/aromatic N) is 9. The van der Waals surface area contributed by atoms with Gasteiger partial charge in [-0.3, -0.25) is 9.48 Å². The van der Waals surface area contributed by atoms with Gasteiger partial charge in [0.15, 0.2) is 0 Å². The molecule has 2 fully saturated rings. The molecule has 4 heterocycles. The molecule has 1 aliphatic carbocycles. The quantitative estimate of drug-likeness (QED) is 0.380. The van der Waals surface area contributed by atoms with Gasteiger partial charge in [0, 0.05) is 48.3 Å². The molecule has 1 N–H and O–H groups in total. The summed E-state index contributed by atoms with van der Waals surface area (Å²) >= 11 is 6.17. The summed E-state index contributed by atoms with van der Waals surface area (Å²) in [6, 6.07) is 5.25. The first-order valence-corrected chi connectivity index (χ1v) is 12.4. The van der Waals surface area contributed by atoms with Gasteiger partial charge in [0.2, 0.25) is 5.95 Å². The molecular weight excluding hydrogens is 518 g/mol. The normalized spacial score (nSPS) is 19.4. The number of carbonyl (C=O) groups excluding carboxylic acids is 1. The molecule has 1 amide bonds. The molecule has 1 aliphatic heterocycles. The predicted molar refractivity (Wildman–Crippen MR) is 132 cm³/mol. The molecule has 11 nitrogen and oxygen atoms in total. The van der Waals surface area contributed by atoms with Crippen LogP contribution in [0, 0.1) is 25.7 Å². The fraction of sp³-hybridized carbons (Fsp3) is 0.375. The zero-order valence-electron chi connectivity index (χ0n) is 20.5. The molecular formula is C24H23ClF2N10O. The summed E-state index contributed by atoms with van der Waals surface area (Å²) < 4.78 is 30.2. The van der Waals surface area contributed by atoms with Crippen molar-refractivity contribution in [1.29, 1.82) is 0 Å². The maximum atomic E-state index is 13.5. The van der Waals surface area contributed by atoms with Gasteiger partial charge in [-0.2, -0.15) is 5.10 Å². The molecule has 2 unspecified atom stereocenters. The number of fused-ring (bicyclic) bond motifs is 1. The molecule has 1 aromatic carbocycles. The Labute approximate surface area is 220 Å². The Balaban J connectivity index is 1.12. The summed E-state index contributed by atoms with van der Waals surface area (Å²) in [4.78, 5) is 23.8. The van der Waals surface area contributed by atoms with Crippen LogP contribution in [-0.2, 0) is 13.1 Å². The molecule has 6 rings (SSSR count). The SMILES string of the molecule is Cc1nc(N2CC3C(C2)C3(F)F)ncc1Cn1cc(C(=O)NCc2cc(Cl)ccc2-n2cnnn2)c(C)n1. The smallest absolute Gasteiger partial charge is 0.258 e. The number of amides is 1. The fourth-order valence-electron chi connectivity index (χ4n) is 4.92. The lowest BCUT2D eigenvalue weighted by Crippen LogP contribution is -2.29. The van der Waals surface area contributed by atoms with Crippen molar-refractivity contribution < 1.29 is 13.6 Å². The Kier molecular flexibility index (Phi) is 5.82. The number of nitrogens with one attached hydrogen (secondary N) is 1. The highest BCUT2D eigenvalue weighted by Gasteiger charge is 2.72. The summed E-state index contributed by atoms with van der Waals surface area (Å²) in [7, 11) is 0. The van der Waals surface area contributed by atoms with Crippen LogP contribution in [0.25, 0.3) is 5.69 Å². The van der Waals surface area contributed by atoms with Gasteiger partial charge in [0.1, 0.15) is 6.33 Å². The number of hydrogen-bond acceptors (Lipinski definition) is 8. The Bertz CT molecular complexity index is 1510. The molecule has 196 valence electrons. The first kappa shape index (κ1) is 24.3. The number of tetrazole rings is 1. The third-order valence-electron chi connectivity index (χ3n) is 7.15. The van der Waals surface area contributed by atoms with Crippen LogP contribution in [0.15, 0.2) is 36.9 Å². The van der Waals surface area contributed by atoms with Gasteiger partial charge in [-0.25, -0.2) is 23.4 Å². The zero-order valence-corrected chi connectivity index (χ0v) is 21.3. The third kappa shape index (κ3) is 4.36. The monoisotopic (exact) mass is 540 g/mol. The van der Waals surface area contributed by atoms with Crippen LogP contribution in [0.2, 0.25) is 5.02 Å². The van der Waals surface area contributed by atoms with Crippen molar-refractivity contribution in [1.82, 2.24) is 45.3 Å². The van der Waals surface area contributed by atoms with Crippen LogP contribution < -0.4 is 10.2 Å². The summed E-state index contributed by atoms with van der Waals surface area (Å²) in [5.41, 5.74) is 4.01. The Morgan fingerprint density at radius 3 is 2.68 bits per heavy atom. The van der Waals surface area contributed by atoms with Gasteiger partial charge < -0.3 is 10.2 Å². The molecule has 3 aromatic heterocycles. The van der Waals surface area contributed by atoms with Gasteiger partial charge in [0.25, 0.3) is 11.8 Å². The van der Waals surface area contributed by atoms with Crippen LogP contribution in [0.1, 0.15) is 32.9 Å². The van der Waals surface area contributed by atoms with Crippen molar-refractivity contribution in [3.63, 3.8) is 0 Å². The molecule has 0 bridgehead atoms. The highest BCUT2D eigenvalue weighted by Crippen LogP contribution is 2.59. The highest BCUT2D eigenvalue weighted by atomic mass is 35.5. The molecule has 14 heteroatoms. The van der Waals surface area contributed by atoms with Crippen LogP contribution in [0.5, 0.6) is 0 Å². The van der Waals surface area contributed by atoms with E-state index in [9.17, 15) is 13.6 Å². The number of alkyl halides is 2. The molecule has 0 spiro atoms. The Morgan fingerprint density at radius 2 is 1.97 bits per heavy atom. The van der Waals surface area contributed by atoms with Crippen molar-refractivity contribution in [2.45, 2.75) is 32.9 Å². The number of rotatable bonds is 7. The fourth-order valence-corrected chi connectivity index (χ4v) is 5.11. The number of aryl methyl sites for hydroxylation is 2. The first-order valence-electron chi connectivity index (χ1n) is 12.0.